The topological polar surface area (TPSA) is 143 Å². The summed E-state index contributed by atoms with van der Waals surface area (Å²) in [6.45, 7) is 5.99. The predicted molar refractivity (Wildman–Crippen MR) is 107 cm³/mol. The maximum Gasteiger partial charge on any atom is 0.306 e. The van der Waals surface area contributed by atoms with Crippen molar-refractivity contribution in [3.63, 3.8) is 0 Å². The van der Waals surface area contributed by atoms with Crippen LogP contribution in [0.1, 0.15) is 38.7 Å². The van der Waals surface area contributed by atoms with E-state index in [0.29, 0.717) is 0 Å². The number of rotatable bonds is 10. The van der Waals surface area contributed by atoms with Crippen LogP contribution in [0.2, 0.25) is 0 Å². The lowest BCUT2D eigenvalue weighted by atomic mass is 10.3. The molecule has 0 aliphatic rings. The Bertz CT molecular complexity index is 818. The van der Waals surface area contributed by atoms with E-state index in [2.05, 4.69) is 16.6 Å². The van der Waals surface area contributed by atoms with E-state index in [1.807, 2.05) is 6.92 Å². The highest BCUT2D eigenvalue weighted by Crippen LogP contribution is 2.16. The first kappa shape index (κ1) is 26.3. The fourth-order valence-electron chi connectivity index (χ4n) is 1.94. The number of anilines is 1. The van der Waals surface area contributed by atoms with E-state index in [9.17, 15) is 21.6 Å². The van der Waals surface area contributed by atoms with Crippen molar-refractivity contribution in [3.8, 4) is 0 Å². The molecule has 0 aliphatic carbocycles. The van der Waals surface area contributed by atoms with Crippen molar-refractivity contribution < 1.29 is 31.1 Å². The molecule has 0 spiro atoms. The highest BCUT2D eigenvalue weighted by atomic mass is 32.2. The summed E-state index contributed by atoms with van der Waals surface area (Å²) in [4.78, 5) is 14.7. The molecule has 2 N–H and O–H groups in total. The number of nitrogens with two attached hydrogens (primary N) is 1. The average Bonchev–Trinajstić information content (AvgIpc) is 2.58. The number of hydrogen-bond acceptors (Lipinski definition) is 9. The van der Waals surface area contributed by atoms with Crippen molar-refractivity contribution in [2.24, 2.45) is 0 Å². The lowest BCUT2D eigenvalue weighted by Crippen LogP contribution is -2.15. The van der Waals surface area contributed by atoms with Gasteiger partial charge in [0.05, 0.1) is 25.0 Å². The molecule has 9 nitrogen and oxygen atoms in total. The molecule has 0 radical (unpaired) electrons. The van der Waals surface area contributed by atoms with Gasteiger partial charge >= 0.3 is 5.97 Å². The minimum atomic E-state index is -3.85. The quantitative estimate of drug-likeness (QED) is 0.423. The highest BCUT2D eigenvalue weighted by molar-refractivity contribution is 7.91. The molecule has 0 bridgehead atoms. The highest BCUT2D eigenvalue weighted by Gasteiger charge is 2.20. The second kappa shape index (κ2) is 12.7. The summed E-state index contributed by atoms with van der Waals surface area (Å²) in [5, 5.41) is -0.356. The number of nitrogen functional groups attached to an aromatic ring is 1. The smallest absolute Gasteiger partial charge is 0.306 e. The van der Waals surface area contributed by atoms with Gasteiger partial charge in [0.15, 0.2) is 24.7 Å². The molecule has 0 fully saturated rings. The van der Waals surface area contributed by atoms with Crippen molar-refractivity contribution in [1.82, 2.24) is 4.98 Å². The molecule has 11 heteroatoms. The van der Waals surface area contributed by atoms with Gasteiger partial charge < -0.3 is 15.2 Å². The van der Waals surface area contributed by atoms with Crippen LogP contribution in [0.15, 0.2) is 17.2 Å². The maximum atomic E-state index is 12.0. The summed E-state index contributed by atoms with van der Waals surface area (Å²) in [6, 6.07) is 2.43. The molecule has 1 aromatic heterocycles. The van der Waals surface area contributed by atoms with Gasteiger partial charge in [0.2, 0.25) is 0 Å². The average molecular weight is 439 g/mol. The number of nitrogens with zero attached hydrogens (tertiary/aromatic N) is 1. The lowest BCUT2D eigenvalue weighted by Gasteiger charge is -2.07. The van der Waals surface area contributed by atoms with Crippen molar-refractivity contribution in [2.45, 2.75) is 43.9 Å². The summed E-state index contributed by atoms with van der Waals surface area (Å²) >= 11 is 0. The van der Waals surface area contributed by atoms with Crippen LogP contribution in [0.3, 0.4) is 0 Å². The SMILES string of the molecule is CCCCOCC.COC(=O)CCS(=O)(=O)c1cc(CS(C)(=O)=O)cc(N)n1. The molecule has 0 saturated heterocycles. The third-order valence-corrected chi connectivity index (χ3v) is 5.72. The molecule has 162 valence electrons. The Morgan fingerprint density at radius 3 is 2.32 bits per heavy atom. The zero-order chi connectivity index (χ0) is 21.8. The minimum absolute atomic E-state index is 0.104. The predicted octanol–water partition coefficient (Wildman–Crippen LogP) is 1.37. The molecular weight excluding hydrogens is 408 g/mol. The second-order valence-corrected chi connectivity index (χ2v) is 10.2. The number of pyridine rings is 1. The van der Waals surface area contributed by atoms with Crippen molar-refractivity contribution in [3.05, 3.63) is 17.7 Å². The van der Waals surface area contributed by atoms with Gasteiger partial charge in [-0.1, -0.05) is 13.3 Å². The number of esters is 1. The molecule has 1 heterocycles. The second-order valence-electron chi connectivity index (χ2n) is 6.00. The van der Waals surface area contributed by atoms with Crippen LogP contribution in [0.25, 0.3) is 0 Å². The van der Waals surface area contributed by atoms with E-state index < -0.39 is 31.4 Å². The molecule has 0 amide bonds. The monoisotopic (exact) mass is 438 g/mol. The maximum absolute atomic E-state index is 12.0. The number of hydrogen-bond donors (Lipinski definition) is 1. The van der Waals surface area contributed by atoms with E-state index in [4.69, 9.17) is 10.5 Å². The first-order chi connectivity index (χ1) is 12.9. The van der Waals surface area contributed by atoms with Gasteiger partial charge in [0, 0.05) is 19.5 Å². The Morgan fingerprint density at radius 2 is 1.82 bits per heavy atom. The van der Waals surface area contributed by atoms with Crippen LogP contribution in [-0.4, -0.2) is 60.1 Å². The fourth-order valence-corrected chi connectivity index (χ4v) is 3.93. The number of unbranched alkanes of at least 4 members (excludes halogenated alkanes) is 1. The van der Waals surface area contributed by atoms with E-state index in [1.165, 1.54) is 18.9 Å². The standard InChI is InChI=1S/C11H16N2O6S2.C6H14O/c1-19-11(14)3-4-21(17,18)10-6-8(5-9(12)13-10)7-20(2,15)16;1-3-5-6-7-4-2/h5-6H,3-4,7H2,1-2H3,(H2,12,13);3-6H2,1-2H3. The summed E-state index contributed by atoms with van der Waals surface area (Å²) in [6.07, 6.45) is 3.14. The number of aromatic nitrogens is 1. The summed E-state index contributed by atoms with van der Waals surface area (Å²) < 4.78 is 56.0. The largest absolute Gasteiger partial charge is 0.469 e. The number of sulfone groups is 2. The normalized spacial score (nSPS) is 11.4. The van der Waals surface area contributed by atoms with Crippen molar-refractivity contribution in [1.29, 1.82) is 0 Å². The van der Waals surface area contributed by atoms with Gasteiger partial charge in [-0.2, -0.15) is 0 Å². The molecule has 0 aromatic carbocycles. The Kier molecular flexibility index (Phi) is 11.9. The zero-order valence-corrected chi connectivity index (χ0v) is 18.4. The third kappa shape index (κ3) is 11.9. The minimum Gasteiger partial charge on any atom is -0.469 e. The fraction of sp³-hybridized carbons (Fsp3) is 0.647. The molecule has 0 saturated carbocycles. The summed E-state index contributed by atoms with van der Waals surface area (Å²) in [5.74, 6) is -1.61. The number of methoxy groups -OCH3 is 1. The van der Waals surface area contributed by atoms with Crippen molar-refractivity contribution in [2.75, 3.05) is 38.1 Å². The Balaban J connectivity index is 0.000000887. The van der Waals surface area contributed by atoms with Crippen LogP contribution in [-0.2, 0) is 39.7 Å². The van der Waals surface area contributed by atoms with E-state index in [1.54, 1.807) is 0 Å². The van der Waals surface area contributed by atoms with Crippen LogP contribution in [0, 0.1) is 0 Å². The van der Waals surface area contributed by atoms with Crippen molar-refractivity contribution >= 4 is 31.5 Å². The summed E-state index contributed by atoms with van der Waals surface area (Å²) in [5.41, 5.74) is 5.72. The first-order valence-corrected chi connectivity index (χ1v) is 12.5. The number of ether oxygens (including phenoxy) is 2. The first-order valence-electron chi connectivity index (χ1n) is 8.76. The van der Waals surface area contributed by atoms with Crippen LogP contribution < -0.4 is 5.73 Å². The number of carbonyl (C=O) groups excluding carboxylic acids is 1. The van der Waals surface area contributed by atoms with Gasteiger partial charge in [-0.05, 0) is 31.0 Å². The molecule has 1 rings (SSSR count). The van der Waals surface area contributed by atoms with Gasteiger partial charge in [0.25, 0.3) is 0 Å². The Hall–Kier alpha value is -1.72. The third-order valence-electron chi connectivity index (χ3n) is 3.28. The van der Waals surface area contributed by atoms with Gasteiger partial charge in [-0.25, -0.2) is 21.8 Å². The zero-order valence-electron chi connectivity index (χ0n) is 16.8. The Morgan fingerprint density at radius 1 is 1.18 bits per heavy atom. The molecular formula is C17H30N2O7S2. The molecule has 0 aliphatic heterocycles. The molecule has 0 atom stereocenters. The van der Waals surface area contributed by atoms with Gasteiger partial charge in [0.1, 0.15) is 5.82 Å². The van der Waals surface area contributed by atoms with E-state index in [0.717, 1.165) is 32.6 Å². The van der Waals surface area contributed by atoms with Gasteiger partial charge in [-0.15, -0.1) is 0 Å². The van der Waals surface area contributed by atoms with E-state index in [-0.39, 0.29) is 28.6 Å². The summed E-state index contributed by atoms with van der Waals surface area (Å²) in [7, 11) is -6.04. The number of carbonyl (C=O) groups is 1. The molecule has 0 unspecified atom stereocenters. The van der Waals surface area contributed by atoms with Gasteiger partial charge in [-0.3, -0.25) is 4.79 Å². The van der Waals surface area contributed by atoms with Crippen LogP contribution in [0.4, 0.5) is 5.82 Å². The Labute approximate surface area is 167 Å². The van der Waals surface area contributed by atoms with E-state index >= 15 is 0 Å². The lowest BCUT2D eigenvalue weighted by molar-refractivity contribution is -0.140. The van der Waals surface area contributed by atoms with Crippen LogP contribution in [0.5, 0.6) is 0 Å². The molecule has 1 aromatic rings. The van der Waals surface area contributed by atoms with Crippen LogP contribution >= 0.6 is 0 Å². The molecule has 28 heavy (non-hydrogen) atoms.